The van der Waals surface area contributed by atoms with Gasteiger partial charge in [-0.05, 0) is 50.9 Å². The van der Waals surface area contributed by atoms with Gasteiger partial charge in [0.1, 0.15) is 0 Å². The van der Waals surface area contributed by atoms with E-state index in [0.29, 0.717) is 12.1 Å². The van der Waals surface area contributed by atoms with Crippen molar-refractivity contribution in [1.82, 2.24) is 4.90 Å². The van der Waals surface area contributed by atoms with E-state index in [9.17, 15) is 4.79 Å². The average molecular weight is 282 g/mol. The largest absolute Gasteiger partial charge is 0.481 e. The second-order valence-electron chi connectivity index (χ2n) is 5.37. The summed E-state index contributed by atoms with van der Waals surface area (Å²) in [6, 6.07) is 8.48. The molecule has 2 rings (SSSR count). The van der Waals surface area contributed by atoms with Gasteiger partial charge in [-0.3, -0.25) is 9.69 Å². The van der Waals surface area contributed by atoms with E-state index in [2.05, 4.69) is 18.7 Å². The predicted molar refractivity (Wildman–Crippen MR) is 76.4 cm³/mol. The Hall–Kier alpha value is -1.06. The first kappa shape index (κ1) is 14.4. The second kappa shape index (κ2) is 5.93. The molecule has 104 valence electrons. The van der Waals surface area contributed by atoms with Gasteiger partial charge in [-0.1, -0.05) is 23.7 Å². The summed E-state index contributed by atoms with van der Waals surface area (Å²) >= 11 is 5.91. The van der Waals surface area contributed by atoms with Crippen LogP contribution in [-0.2, 0) is 4.79 Å². The van der Waals surface area contributed by atoms with E-state index in [1.165, 1.54) is 5.56 Å². The molecule has 0 bridgehead atoms. The molecule has 0 spiro atoms. The van der Waals surface area contributed by atoms with Crippen LogP contribution in [0.3, 0.4) is 0 Å². The van der Waals surface area contributed by atoms with Crippen LogP contribution in [0.1, 0.15) is 38.3 Å². The summed E-state index contributed by atoms with van der Waals surface area (Å²) in [5, 5.41) is 9.84. The van der Waals surface area contributed by atoms with Gasteiger partial charge in [0.15, 0.2) is 0 Å². The molecule has 1 saturated heterocycles. The monoisotopic (exact) mass is 281 g/mol. The minimum Gasteiger partial charge on any atom is -0.481 e. The fraction of sp³-hybridized carbons (Fsp3) is 0.533. The second-order valence-corrected chi connectivity index (χ2v) is 5.81. The van der Waals surface area contributed by atoms with E-state index >= 15 is 0 Å². The van der Waals surface area contributed by atoms with E-state index in [1.54, 1.807) is 0 Å². The fourth-order valence-electron chi connectivity index (χ4n) is 2.92. The van der Waals surface area contributed by atoms with Crippen molar-refractivity contribution >= 4 is 17.6 Å². The number of halogens is 1. The van der Waals surface area contributed by atoms with Gasteiger partial charge in [-0.25, -0.2) is 0 Å². The standard InChI is InChI=1S/C15H20ClNO2/c1-10-9-13(15(18)19)7-8-17(10)11(2)12-3-5-14(16)6-4-12/h3-6,10-11,13H,7-9H2,1-2H3,(H,18,19). The summed E-state index contributed by atoms with van der Waals surface area (Å²) in [5.74, 6) is -0.852. The van der Waals surface area contributed by atoms with E-state index in [0.717, 1.165) is 24.4 Å². The minimum absolute atomic E-state index is 0.191. The van der Waals surface area contributed by atoms with Crippen LogP contribution in [0.15, 0.2) is 24.3 Å². The van der Waals surface area contributed by atoms with Crippen molar-refractivity contribution in [3.63, 3.8) is 0 Å². The Labute approximate surface area is 119 Å². The summed E-state index contributed by atoms with van der Waals surface area (Å²) in [6.45, 7) is 5.12. The summed E-state index contributed by atoms with van der Waals surface area (Å²) in [6.07, 6.45) is 1.46. The smallest absolute Gasteiger partial charge is 0.306 e. The highest BCUT2D eigenvalue weighted by atomic mass is 35.5. The lowest BCUT2D eigenvalue weighted by Crippen LogP contribution is -2.43. The third-order valence-corrected chi connectivity index (χ3v) is 4.38. The molecule has 0 radical (unpaired) electrons. The summed E-state index contributed by atoms with van der Waals surface area (Å²) in [4.78, 5) is 13.4. The Balaban J connectivity index is 2.06. The van der Waals surface area contributed by atoms with Gasteiger partial charge in [0.2, 0.25) is 0 Å². The molecule has 3 nitrogen and oxygen atoms in total. The summed E-state index contributed by atoms with van der Waals surface area (Å²) in [7, 11) is 0. The Morgan fingerprint density at radius 3 is 2.58 bits per heavy atom. The molecule has 0 aliphatic carbocycles. The number of hydrogen-bond acceptors (Lipinski definition) is 2. The number of rotatable bonds is 3. The van der Waals surface area contributed by atoms with Crippen molar-refractivity contribution in [2.45, 2.75) is 38.8 Å². The maximum Gasteiger partial charge on any atom is 0.306 e. The molecule has 19 heavy (non-hydrogen) atoms. The number of likely N-dealkylation sites (tertiary alicyclic amines) is 1. The topological polar surface area (TPSA) is 40.5 Å². The lowest BCUT2D eigenvalue weighted by Gasteiger charge is -2.40. The zero-order valence-corrected chi connectivity index (χ0v) is 12.1. The zero-order chi connectivity index (χ0) is 14.0. The number of aliphatic carboxylic acids is 1. The fourth-order valence-corrected chi connectivity index (χ4v) is 3.05. The van der Waals surface area contributed by atoms with E-state index < -0.39 is 5.97 Å². The molecule has 0 saturated carbocycles. The van der Waals surface area contributed by atoms with Crippen molar-refractivity contribution in [2.24, 2.45) is 5.92 Å². The molecular formula is C15H20ClNO2. The first-order valence-electron chi connectivity index (χ1n) is 6.73. The average Bonchev–Trinajstić information content (AvgIpc) is 2.38. The van der Waals surface area contributed by atoms with Crippen LogP contribution in [0.4, 0.5) is 0 Å². The molecule has 1 aromatic rings. The molecule has 4 heteroatoms. The van der Waals surface area contributed by atoms with Gasteiger partial charge in [0.25, 0.3) is 0 Å². The highest BCUT2D eigenvalue weighted by Crippen LogP contribution is 2.31. The molecule has 1 aliphatic rings. The van der Waals surface area contributed by atoms with Crippen LogP contribution in [0.5, 0.6) is 0 Å². The number of carbonyl (C=O) groups is 1. The lowest BCUT2D eigenvalue weighted by atomic mass is 9.90. The zero-order valence-electron chi connectivity index (χ0n) is 11.3. The lowest BCUT2D eigenvalue weighted by molar-refractivity contribution is -0.144. The van der Waals surface area contributed by atoms with Crippen LogP contribution < -0.4 is 0 Å². The van der Waals surface area contributed by atoms with Crippen LogP contribution in [0, 0.1) is 5.92 Å². The van der Waals surface area contributed by atoms with E-state index in [1.807, 2.05) is 24.3 Å². The normalized spacial score (nSPS) is 26.1. The third-order valence-electron chi connectivity index (χ3n) is 4.13. The van der Waals surface area contributed by atoms with Crippen molar-refractivity contribution in [3.05, 3.63) is 34.9 Å². The molecular weight excluding hydrogens is 262 g/mol. The molecule has 1 fully saturated rings. The molecule has 1 aliphatic heterocycles. The SMILES string of the molecule is CC1CC(C(=O)O)CCN1C(C)c1ccc(Cl)cc1. The highest BCUT2D eigenvalue weighted by Gasteiger charge is 2.32. The first-order chi connectivity index (χ1) is 8.99. The Morgan fingerprint density at radius 2 is 2.05 bits per heavy atom. The van der Waals surface area contributed by atoms with Gasteiger partial charge in [0.05, 0.1) is 5.92 Å². The number of benzene rings is 1. The predicted octanol–water partition coefficient (Wildman–Crippen LogP) is 3.59. The number of nitrogens with zero attached hydrogens (tertiary/aromatic N) is 1. The summed E-state index contributed by atoms with van der Waals surface area (Å²) < 4.78 is 0. The van der Waals surface area contributed by atoms with Gasteiger partial charge in [0, 0.05) is 17.1 Å². The number of carboxylic acids is 1. The van der Waals surface area contributed by atoms with Crippen molar-refractivity contribution in [2.75, 3.05) is 6.54 Å². The molecule has 1 heterocycles. The first-order valence-corrected chi connectivity index (χ1v) is 7.11. The molecule has 3 atom stereocenters. The van der Waals surface area contributed by atoms with Crippen molar-refractivity contribution < 1.29 is 9.90 Å². The maximum atomic E-state index is 11.1. The van der Waals surface area contributed by atoms with E-state index in [4.69, 9.17) is 16.7 Å². The number of carboxylic acid groups (broad SMARTS) is 1. The van der Waals surface area contributed by atoms with Crippen molar-refractivity contribution in [1.29, 1.82) is 0 Å². The Bertz CT molecular complexity index is 446. The maximum absolute atomic E-state index is 11.1. The Morgan fingerprint density at radius 1 is 1.42 bits per heavy atom. The highest BCUT2D eigenvalue weighted by molar-refractivity contribution is 6.30. The molecule has 0 aromatic heterocycles. The minimum atomic E-state index is -0.661. The molecule has 3 unspecified atom stereocenters. The van der Waals surface area contributed by atoms with Crippen LogP contribution in [0.2, 0.25) is 5.02 Å². The summed E-state index contributed by atoms with van der Waals surface area (Å²) in [5.41, 5.74) is 1.23. The van der Waals surface area contributed by atoms with Gasteiger partial charge < -0.3 is 5.11 Å². The quantitative estimate of drug-likeness (QED) is 0.920. The molecule has 0 amide bonds. The van der Waals surface area contributed by atoms with E-state index in [-0.39, 0.29) is 5.92 Å². The Kier molecular flexibility index (Phi) is 4.48. The van der Waals surface area contributed by atoms with Gasteiger partial charge in [-0.2, -0.15) is 0 Å². The van der Waals surface area contributed by atoms with Crippen LogP contribution >= 0.6 is 11.6 Å². The number of hydrogen-bond donors (Lipinski definition) is 1. The third kappa shape index (κ3) is 3.28. The molecule has 1 aromatic carbocycles. The van der Waals surface area contributed by atoms with Gasteiger partial charge in [-0.15, -0.1) is 0 Å². The van der Waals surface area contributed by atoms with Crippen molar-refractivity contribution in [3.8, 4) is 0 Å². The molecule has 1 N–H and O–H groups in total. The number of piperidine rings is 1. The van der Waals surface area contributed by atoms with Crippen LogP contribution in [-0.4, -0.2) is 28.6 Å². The van der Waals surface area contributed by atoms with Gasteiger partial charge >= 0.3 is 5.97 Å². The van der Waals surface area contributed by atoms with Crippen LogP contribution in [0.25, 0.3) is 0 Å².